The molecule has 0 saturated heterocycles. The molecule has 2 aromatic carbocycles. The van der Waals surface area contributed by atoms with Crippen molar-refractivity contribution in [3.05, 3.63) is 93.4 Å². The Morgan fingerprint density at radius 3 is 2.39 bits per heavy atom. The topological polar surface area (TPSA) is 240 Å². The van der Waals surface area contributed by atoms with Crippen LogP contribution in [-0.2, 0) is 44.2 Å². The molecule has 0 bridgehead atoms. The summed E-state index contributed by atoms with van der Waals surface area (Å²) < 4.78 is 27.5. The lowest BCUT2D eigenvalue weighted by Crippen LogP contribution is -2.23. The lowest BCUT2D eigenvalue weighted by molar-refractivity contribution is -0.490. The zero-order chi connectivity index (χ0) is 40.4. The van der Waals surface area contributed by atoms with Crippen molar-refractivity contribution in [1.29, 1.82) is 0 Å². The Bertz CT molecular complexity index is 2140. The molecule has 19 nitrogen and oxygen atoms in total. The van der Waals surface area contributed by atoms with Gasteiger partial charge in [-0.25, -0.2) is 24.2 Å². The monoisotopic (exact) mass is 797 g/mol. The van der Waals surface area contributed by atoms with Gasteiger partial charge in [-0.05, 0) is 56.0 Å². The molecule has 0 spiro atoms. The van der Waals surface area contributed by atoms with E-state index < -0.39 is 29.8 Å². The molecule has 3 N–H and O–H groups in total. The first-order valence-corrected chi connectivity index (χ1v) is 18.7. The Kier molecular flexibility index (Phi) is 14.2. The normalized spacial score (nSPS) is 12.2. The zero-order valence-corrected chi connectivity index (χ0v) is 32.2. The Morgan fingerprint density at radius 2 is 1.73 bits per heavy atom. The molecule has 1 unspecified atom stereocenters. The molecule has 3 heterocycles. The van der Waals surface area contributed by atoms with Gasteiger partial charge in [-0.15, -0.1) is 15.0 Å². The molecule has 0 amide bonds. The maximum Gasteiger partial charge on any atom is 0.519 e. The molecule has 5 rings (SSSR count). The number of hydrogen-bond donors (Lipinski definition) is 3. The van der Waals surface area contributed by atoms with E-state index in [1.165, 1.54) is 18.7 Å². The lowest BCUT2D eigenvalue weighted by Gasteiger charge is -2.17. The molecule has 0 aliphatic heterocycles. The van der Waals surface area contributed by atoms with Gasteiger partial charge in [-0.3, -0.25) is 10.4 Å². The van der Waals surface area contributed by atoms with Gasteiger partial charge in [0.15, 0.2) is 23.8 Å². The maximum atomic E-state index is 13.6. The number of benzene rings is 2. The molecule has 3 aromatic heterocycles. The lowest BCUT2D eigenvalue weighted by atomic mass is 9.98. The molecular formula is C36H43N7O12S. The fourth-order valence-corrected chi connectivity index (χ4v) is 6.09. The number of tetrazole rings is 1. The molecule has 0 aliphatic carbocycles. The second-order valence-corrected chi connectivity index (χ2v) is 14.0. The Hall–Kier alpha value is -5.38. The van der Waals surface area contributed by atoms with Gasteiger partial charge in [0.1, 0.15) is 23.7 Å². The van der Waals surface area contributed by atoms with Crippen LogP contribution >= 0.6 is 11.8 Å². The highest BCUT2D eigenvalue weighted by molar-refractivity contribution is 7.99. The van der Waals surface area contributed by atoms with Crippen LogP contribution in [0.4, 0.5) is 4.79 Å². The fraction of sp³-hybridized carbons (Fsp3) is 0.417. The third-order valence-electron chi connectivity index (χ3n) is 8.14. The Balaban J connectivity index is 1.29. The standard InChI is InChI=1S/C36H43N7O12S/c1-6-9-29-37-31(36(4,5)47)30(33(44)51-21-28-22(2)53-35(46)55-28)41(29)20-24-12-14-25(15-13-24)26-10-7-8-11-27(26)32-38-40-42(39-32)23(3)54-34(45)50-16-18-56-19-17-52-43(48)49/h7-8,10-15,23,47-49H,6,9,16-21H2,1-5H3. The highest BCUT2D eigenvalue weighted by Crippen LogP contribution is 2.31. The molecule has 0 radical (unpaired) electrons. The van der Waals surface area contributed by atoms with Crippen LogP contribution in [0.15, 0.2) is 62.2 Å². The van der Waals surface area contributed by atoms with Gasteiger partial charge in [0.2, 0.25) is 12.1 Å². The van der Waals surface area contributed by atoms with Crippen molar-refractivity contribution >= 4 is 23.9 Å². The van der Waals surface area contributed by atoms with Crippen LogP contribution in [0, 0.1) is 6.92 Å². The predicted molar refractivity (Wildman–Crippen MR) is 196 cm³/mol. The summed E-state index contributed by atoms with van der Waals surface area (Å²) in [6, 6.07) is 15.2. The zero-order valence-electron chi connectivity index (χ0n) is 31.4. The SMILES string of the molecule is CCCc1nc(C(C)(C)O)c(C(=O)OCc2oc(=O)oc2C)n1Cc1ccc(-c2ccccc2-c2nnn(C(C)OC(=O)OCCSCCON(O)O)n2)cc1. The smallest absolute Gasteiger partial charge is 0.453 e. The number of aryl methyl sites for hydroxylation is 2. The van der Waals surface area contributed by atoms with Crippen LogP contribution in [0.2, 0.25) is 0 Å². The minimum atomic E-state index is -1.47. The quantitative estimate of drug-likeness (QED) is 0.0562. The number of esters is 1. The van der Waals surface area contributed by atoms with E-state index in [4.69, 9.17) is 33.5 Å². The van der Waals surface area contributed by atoms with Crippen LogP contribution in [0.5, 0.6) is 0 Å². The number of rotatable bonds is 19. The predicted octanol–water partition coefficient (Wildman–Crippen LogP) is 5.06. The number of aliphatic hydroxyl groups is 1. The van der Waals surface area contributed by atoms with E-state index in [1.807, 2.05) is 55.5 Å². The number of carbonyl (C=O) groups is 2. The highest BCUT2D eigenvalue weighted by Gasteiger charge is 2.33. The number of ether oxygens (including phenoxy) is 3. The first-order valence-electron chi connectivity index (χ1n) is 17.5. The van der Waals surface area contributed by atoms with Crippen molar-refractivity contribution in [2.75, 3.05) is 24.7 Å². The molecular weight excluding hydrogens is 755 g/mol. The molecule has 0 aliphatic rings. The molecule has 5 aromatic rings. The van der Waals surface area contributed by atoms with Crippen LogP contribution in [0.25, 0.3) is 22.5 Å². The third kappa shape index (κ3) is 10.9. The van der Waals surface area contributed by atoms with E-state index in [9.17, 15) is 19.5 Å². The number of nitrogens with zero attached hydrogens (tertiary/aromatic N) is 7. The van der Waals surface area contributed by atoms with Gasteiger partial charge in [0.25, 0.3) is 0 Å². The fourth-order valence-electron chi connectivity index (χ4n) is 5.50. The molecule has 300 valence electrons. The number of hydrogen-bond acceptors (Lipinski definition) is 18. The second-order valence-electron chi connectivity index (χ2n) is 12.8. The van der Waals surface area contributed by atoms with Crippen molar-refractivity contribution in [3.8, 4) is 22.5 Å². The van der Waals surface area contributed by atoms with Gasteiger partial charge >= 0.3 is 17.9 Å². The number of thioether (sulfide) groups is 1. The van der Waals surface area contributed by atoms with Crippen LogP contribution < -0.4 is 5.82 Å². The van der Waals surface area contributed by atoms with E-state index in [-0.39, 0.29) is 54.7 Å². The molecule has 0 fully saturated rings. The van der Waals surface area contributed by atoms with E-state index in [0.717, 1.165) is 27.9 Å². The maximum absolute atomic E-state index is 13.6. The number of imidazole rings is 1. The first kappa shape index (κ1) is 41.8. The summed E-state index contributed by atoms with van der Waals surface area (Å²) in [7, 11) is 0. The van der Waals surface area contributed by atoms with Gasteiger partial charge < -0.3 is 32.7 Å². The van der Waals surface area contributed by atoms with Crippen molar-refractivity contribution in [3.63, 3.8) is 0 Å². The average molecular weight is 798 g/mol. The highest BCUT2D eigenvalue weighted by atomic mass is 32.2. The third-order valence-corrected chi connectivity index (χ3v) is 9.05. The van der Waals surface area contributed by atoms with Gasteiger partial charge in [0.05, 0.1) is 12.0 Å². The second kappa shape index (κ2) is 19.0. The molecule has 1 atom stereocenters. The molecule has 56 heavy (non-hydrogen) atoms. The largest absolute Gasteiger partial charge is 0.519 e. The van der Waals surface area contributed by atoms with E-state index >= 15 is 0 Å². The van der Waals surface area contributed by atoms with Crippen LogP contribution in [-0.4, -0.2) is 87.5 Å². The minimum Gasteiger partial charge on any atom is -0.453 e. The van der Waals surface area contributed by atoms with Crippen molar-refractivity contribution in [2.45, 2.75) is 72.4 Å². The van der Waals surface area contributed by atoms with E-state index in [1.54, 1.807) is 25.3 Å². The van der Waals surface area contributed by atoms with Crippen LogP contribution in [0.1, 0.15) is 79.4 Å². The van der Waals surface area contributed by atoms with Gasteiger partial charge in [0, 0.05) is 30.0 Å². The number of carbonyl (C=O) groups excluding carboxylic acids is 2. The first-order chi connectivity index (χ1) is 26.7. The molecule has 20 heteroatoms. The van der Waals surface area contributed by atoms with Crippen molar-refractivity contribution < 1.29 is 53.0 Å². The summed E-state index contributed by atoms with van der Waals surface area (Å²) in [4.78, 5) is 47.6. The minimum absolute atomic E-state index is 0.0610. The van der Waals surface area contributed by atoms with Crippen LogP contribution in [0.3, 0.4) is 0 Å². The summed E-state index contributed by atoms with van der Waals surface area (Å²) in [6.45, 7) is 8.19. The average Bonchev–Trinajstić information content (AvgIpc) is 3.87. The summed E-state index contributed by atoms with van der Waals surface area (Å²) >= 11 is 1.37. The van der Waals surface area contributed by atoms with Crippen molar-refractivity contribution in [1.82, 2.24) is 35.1 Å². The summed E-state index contributed by atoms with van der Waals surface area (Å²) in [5.41, 5.74) is 1.94. The number of aromatic nitrogens is 6. The van der Waals surface area contributed by atoms with E-state index in [2.05, 4.69) is 25.2 Å². The van der Waals surface area contributed by atoms with Gasteiger partial charge in [-0.1, -0.05) is 55.5 Å². The molecule has 0 saturated carbocycles. The summed E-state index contributed by atoms with van der Waals surface area (Å²) in [5, 5.41) is 40.4. The Labute approximate surface area is 324 Å². The van der Waals surface area contributed by atoms with Gasteiger partial charge in [-0.2, -0.15) is 11.8 Å². The van der Waals surface area contributed by atoms with Crippen molar-refractivity contribution in [2.24, 2.45) is 0 Å². The Morgan fingerprint density at radius 1 is 1.02 bits per heavy atom. The summed E-state index contributed by atoms with van der Waals surface area (Å²) in [6.07, 6.45) is -0.576. The van der Waals surface area contributed by atoms with E-state index in [0.29, 0.717) is 35.1 Å². The summed E-state index contributed by atoms with van der Waals surface area (Å²) in [5.74, 6) is 0.399.